The SMILES string of the molecule is CCCc1nc(C(=O)[C@H](C#N)C(=O)NC)nn1-c1ccccc1F. The van der Waals surface area contributed by atoms with Crippen molar-refractivity contribution in [2.45, 2.75) is 19.8 Å². The average Bonchev–Trinajstić information content (AvgIpc) is 2.99. The van der Waals surface area contributed by atoms with Crippen molar-refractivity contribution in [1.29, 1.82) is 5.26 Å². The van der Waals surface area contributed by atoms with Crippen LogP contribution in [0, 0.1) is 23.1 Å². The van der Waals surface area contributed by atoms with Crippen molar-refractivity contribution in [2.75, 3.05) is 7.05 Å². The third kappa shape index (κ3) is 3.30. The van der Waals surface area contributed by atoms with Crippen LogP contribution in [0.2, 0.25) is 0 Å². The minimum absolute atomic E-state index is 0.154. The van der Waals surface area contributed by atoms with Crippen LogP contribution in [0.15, 0.2) is 24.3 Å². The normalized spacial score (nSPS) is 11.6. The van der Waals surface area contributed by atoms with E-state index < -0.39 is 23.4 Å². The molecule has 1 atom stereocenters. The predicted molar refractivity (Wildman–Crippen MR) is 82.8 cm³/mol. The van der Waals surface area contributed by atoms with E-state index in [1.165, 1.54) is 23.9 Å². The molecule has 0 aliphatic rings. The van der Waals surface area contributed by atoms with Gasteiger partial charge < -0.3 is 5.32 Å². The minimum atomic E-state index is -1.54. The molecule has 0 aliphatic heterocycles. The minimum Gasteiger partial charge on any atom is -0.358 e. The van der Waals surface area contributed by atoms with E-state index in [1.54, 1.807) is 18.2 Å². The van der Waals surface area contributed by atoms with Crippen LogP contribution in [0.3, 0.4) is 0 Å². The average molecular weight is 329 g/mol. The van der Waals surface area contributed by atoms with E-state index in [2.05, 4.69) is 15.4 Å². The third-order valence-corrected chi connectivity index (χ3v) is 3.35. The molecule has 1 heterocycles. The molecule has 1 aromatic carbocycles. The first-order valence-electron chi connectivity index (χ1n) is 7.39. The third-order valence-electron chi connectivity index (χ3n) is 3.35. The molecule has 1 aromatic heterocycles. The summed E-state index contributed by atoms with van der Waals surface area (Å²) in [6.45, 7) is 1.91. The number of Topliss-reactive ketones (excluding diaryl/α,β-unsaturated/α-hetero) is 1. The number of aromatic nitrogens is 3. The topological polar surface area (TPSA) is 101 Å². The fraction of sp³-hybridized carbons (Fsp3) is 0.312. The van der Waals surface area contributed by atoms with E-state index in [0.717, 1.165) is 0 Å². The quantitative estimate of drug-likeness (QED) is 0.638. The van der Waals surface area contributed by atoms with Gasteiger partial charge in [0.2, 0.25) is 17.5 Å². The van der Waals surface area contributed by atoms with Crippen molar-refractivity contribution < 1.29 is 14.0 Å². The molecule has 0 bridgehead atoms. The molecule has 2 rings (SSSR count). The van der Waals surface area contributed by atoms with Gasteiger partial charge in [0.15, 0.2) is 5.92 Å². The van der Waals surface area contributed by atoms with E-state index in [9.17, 15) is 14.0 Å². The zero-order valence-corrected chi connectivity index (χ0v) is 13.3. The zero-order valence-electron chi connectivity index (χ0n) is 13.3. The van der Waals surface area contributed by atoms with Gasteiger partial charge in [-0.15, -0.1) is 5.10 Å². The highest BCUT2D eigenvalue weighted by Crippen LogP contribution is 2.16. The Balaban J connectivity index is 2.49. The Labute approximate surface area is 138 Å². The number of carbonyl (C=O) groups excluding carboxylic acids is 2. The van der Waals surface area contributed by atoms with Crippen LogP contribution in [-0.4, -0.2) is 33.5 Å². The first-order chi connectivity index (χ1) is 11.5. The maximum absolute atomic E-state index is 14.0. The summed E-state index contributed by atoms with van der Waals surface area (Å²) in [6.07, 6.45) is 1.17. The van der Waals surface area contributed by atoms with Crippen molar-refractivity contribution >= 4 is 11.7 Å². The van der Waals surface area contributed by atoms with Crippen LogP contribution in [0.4, 0.5) is 4.39 Å². The van der Waals surface area contributed by atoms with Gasteiger partial charge in [-0.25, -0.2) is 14.1 Å². The Morgan fingerprint density at radius 2 is 2.12 bits per heavy atom. The molecule has 0 fully saturated rings. The number of aryl methyl sites for hydroxylation is 1. The number of benzene rings is 1. The highest BCUT2D eigenvalue weighted by Gasteiger charge is 2.30. The molecule has 1 amide bonds. The number of carbonyl (C=O) groups is 2. The molecule has 0 spiro atoms. The lowest BCUT2D eigenvalue weighted by Crippen LogP contribution is -2.32. The summed E-state index contributed by atoms with van der Waals surface area (Å²) in [5.41, 5.74) is 0.154. The second-order valence-corrected chi connectivity index (χ2v) is 5.01. The van der Waals surface area contributed by atoms with Crippen molar-refractivity contribution in [3.63, 3.8) is 0 Å². The number of ketones is 1. The van der Waals surface area contributed by atoms with Crippen molar-refractivity contribution in [2.24, 2.45) is 5.92 Å². The summed E-state index contributed by atoms with van der Waals surface area (Å²) in [6, 6.07) is 7.60. The van der Waals surface area contributed by atoms with Crippen LogP contribution >= 0.6 is 0 Å². The highest BCUT2D eigenvalue weighted by atomic mass is 19.1. The maximum atomic E-state index is 14.0. The van der Waals surface area contributed by atoms with Gasteiger partial charge in [-0.3, -0.25) is 9.59 Å². The van der Waals surface area contributed by atoms with Gasteiger partial charge in [0, 0.05) is 13.5 Å². The van der Waals surface area contributed by atoms with Crippen LogP contribution < -0.4 is 5.32 Å². The Bertz CT molecular complexity index is 809. The summed E-state index contributed by atoms with van der Waals surface area (Å²) in [7, 11) is 1.33. The standard InChI is InChI=1S/C16H16FN5O2/c1-3-6-13-20-15(14(23)10(9-18)16(24)19-2)21-22(13)12-8-5-4-7-11(12)17/h4-5,7-8,10H,3,6H2,1-2H3,(H,19,24)/t10-/m0/s1. The highest BCUT2D eigenvalue weighted by molar-refractivity contribution is 6.10. The number of nitrogens with one attached hydrogen (secondary N) is 1. The lowest BCUT2D eigenvalue weighted by Gasteiger charge is -2.05. The first-order valence-corrected chi connectivity index (χ1v) is 7.39. The molecule has 0 radical (unpaired) electrons. The number of amides is 1. The second-order valence-electron chi connectivity index (χ2n) is 5.01. The molecule has 0 unspecified atom stereocenters. The Kier molecular flexibility index (Phi) is 5.37. The lowest BCUT2D eigenvalue weighted by atomic mass is 10.1. The maximum Gasteiger partial charge on any atom is 0.245 e. The lowest BCUT2D eigenvalue weighted by molar-refractivity contribution is -0.121. The van der Waals surface area contributed by atoms with Gasteiger partial charge >= 0.3 is 0 Å². The number of rotatable bonds is 6. The van der Waals surface area contributed by atoms with Crippen LogP contribution in [0.5, 0.6) is 0 Å². The summed E-state index contributed by atoms with van der Waals surface area (Å²) in [4.78, 5) is 28.1. The molecule has 1 N–H and O–H groups in total. The van der Waals surface area contributed by atoms with Crippen LogP contribution in [0.1, 0.15) is 29.8 Å². The van der Waals surface area contributed by atoms with Crippen molar-refractivity contribution in [1.82, 2.24) is 20.1 Å². The van der Waals surface area contributed by atoms with Crippen LogP contribution in [-0.2, 0) is 11.2 Å². The molecule has 2 aromatic rings. The molecule has 124 valence electrons. The van der Waals surface area contributed by atoms with Gasteiger partial charge in [0.1, 0.15) is 17.3 Å². The smallest absolute Gasteiger partial charge is 0.245 e. The van der Waals surface area contributed by atoms with E-state index in [4.69, 9.17) is 5.26 Å². The van der Waals surface area contributed by atoms with Gasteiger partial charge in [-0.1, -0.05) is 19.1 Å². The summed E-state index contributed by atoms with van der Waals surface area (Å²) in [5, 5.41) is 15.3. The van der Waals surface area contributed by atoms with Crippen molar-refractivity contribution in [3.05, 3.63) is 41.7 Å². The number of nitrogens with zero attached hydrogens (tertiary/aromatic N) is 4. The molecule has 0 saturated carbocycles. The van der Waals surface area contributed by atoms with E-state index in [0.29, 0.717) is 18.7 Å². The Hall–Kier alpha value is -3.08. The van der Waals surface area contributed by atoms with Gasteiger partial charge in [-0.2, -0.15) is 5.26 Å². The number of nitriles is 1. The summed E-state index contributed by atoms with van der Waals surface area (Å²) < 4.78 is 15.3. The van der Waals surface area contributed by atoms with Gasteiger partial charge in [0.05, 0.1) is 6.07 Å². The summed E-state index contributed by atoms with van der Waals surface area (Å²) in [5.74, 6) is -3.50. The summed E-state index contributed by atoms with van der Waals surface area (Å²) >= 11 is 0. The molecular formula is C16H16FN5O2. The number of hydrogen-bond donors (Lipinski definition) is 1. The van der Waals surface area contributed by atoms with E-state index >= 15 is 0 Å². The second kappa shape index (κ2) is 7.46. The fourth-order valence-electron chi connectivity index (χ4n) is 2.16. The molecule has 7 nitrogen and oxygen atoms in total. The number of hydrogen-bond acceptors (Lipinski definition) is 5. The van der Waals surface area contributed by atoms with Gasteiger partial charge in [0.25, 0.3) is 0 Å². The Morgan fingerprint density at radius 3 is 2.71 bits per heavy atom. The number of para-hydroxylation sites is 1. The van der Waals surface area contributed by atoms with Gasteiger partial charge in [-0.05, 0) is 18.6 Å². The molecular weight excluding hydrogens is 313 g/mol. The first kappa shape index (κ1) is 17.3. The Morgan fingerprint density at radius 1 is 1.42 bits per heavy atom. The fourth-order valence-corrected chi connectivity index (χ4v) is 2.16. The molecule has 8 heteroatoms. The largest absolute Gasteiger partial charge is 0.358 e. The van der Waals surface area contributed by atoms with E-state index in [-0.39, 0.29) is 11.5 Å². The van der Waals surface area contributed by atoms with Crippen molar-refractivity contribution in [3.8, 4) is 11.8 Å². The van der Waals surface area contributed by atoms with Crippen LogP contribution in [0.25, 0.3) is 5.69 Å². The number of halogens is 1. The van der Waals surface area contributed by atoms with E-state index in [1.807, 2.05) is 6.92 Å². The zero-order chi connectivity index (χ0) is 17.7. The molecule has 0 aliphatic carbocycles. The monoisotopic (exact) mass is 329 g/mol. The predicted octanol–water partition coefficient (Wildman–Crippen LogP) is 1.43. The molecule has 0 saturated heterocycles. The molecule has 24 heavy (non-hydrogen) atoms.